The molecule has 0 bridgehead atoms. The van der Waals surface area contributed by atoms with Crippen LogP contribution >= 0.6 is 11.8 Å². The topological polar surface area (TPSA) is 61.7 Å². The Morgan fingerprint density at radius 3 is 2.25 bits per heavy atom. The molecule has 126 valence electrons. The monoisotopic (exact) mass is 343 g/mol. The summed E-state index contributed by atoms with van der Waals surface area (Å²) in [6, 6.07) is 0. The summed E-state index contributed by atoms with van der Waals surface area (Å²) >= 11 is 1.47. The first-order chi connectivity index (χ1) is 11.8. The van der Waals surface area contributed by atoms with Crippen LogP contribution in [0.1, 0.15) is 37.7 Å². The van der Waals surface area contributed by atoms with Gasteiger partial charge in [-0.3, -0.25) is 4.79 Å². The van der Waals surface area contributed by atoms with E-state index in [-0.39, 0.29) is 5.91 Å². The summed E-state index contributed by atoms with van der Waals surface area (Å²) in [5.41, 5.74) is 0.851. The minimum atomic E-state index is -0.149. The molecule has 1 aromatic heterocycles. The first kappa shape index (κ1) is 15.6. The Balaban J connectivity index is 1.44. The van der Waals surface area contributed by atoms with Gasteiger partial charge in [0.2, 0.25) is 5.95 Å². The molecule has 0 radical (unpaired) electrons. The Morgan fingerprint density at radius 2 is 1.54 bits per heavy atom. The molecule has 24 heavy (non-hydrogen) atoms. The molecule has 7 heteroatoms. The Morgan fingerprint density at radius 1 is 0.917 bits per heavy atom. The summed E-state index contributed by atoms with van der Waals surface area (Å²) in [4.78, 5) is 30.3. The fourth-order valence-electron chi connectivity index (χ4n) is 3.26. The van der Waals surface area contributed by atoms with Crippen LogP contribution in [0.25, 0.3) is 6.08 Å². The van der Waals surface area contributed by atoms with Gasteiger partial charge in [0.15, 0.2) is 5.17 Å². The minimum absolute atomic E-state index is 0.149. The van der Waals surface area contributed by atoms with Crippen molar-refractivity contribution >= 4 is 34.9 Å². The average molecular weight is 343 g/mol. The van der Waals surface area contributed by atoms with Crippen LogP contribution in [0.15, 0.2) is 22.3 Å². The quantitative estimate of drug-likeness (QED) is 0.769. The van der Waals surface area contributed by atoms with E-state index in [4.69, 9.17) is 0 Å². The van der Waals surface area contributed by atoms with E-state index in [0.717, 1.165) is 42.9 Å². The van der Waals surface area contributed by atoms with Crippen LogP contribution in [0, 0.1) is 0 Å². The van der Waals surface area contributed by atoms with Gasteiger partial charge in [-0.25, -0.2) is 9.97 Å². The van der Waals surface area contributed by atoms with Gasteiger partial charge in [-0.1, -0.05) is 0 Å². The van der Waals surface area contributed by atoms with Crippen LogP contribution in [0.5, 0.6) is 0 Å². The normalized spacial score (nSPS) is 23.2. The molecule has 3 aliphatic rings. The van der Waals surface area contributed by atoms with E-state index in [2.05, 4.69) is 24.8 Å². The van der Waals surface area contributed by atoms with Gasteiger partial charge in [-0.05, 0) is 49.9 Å². The number of aromatic nitrogens is 2. The van der Waals surface area contributed by atoms with Crippen LogP contribution in [-0.2, 0) is 4.79 Å². The standard InChI is InChI=1S/C17H21N5OS/c23-15-14(24-17(20-15)22-8-2-1-3-9-22)10-13-11-18-16(19-12-13)21-6-4-5-7-21/h10-12H,1-9H2. The van der Waals surface area contributed by atoms with Gasteiger partial charge in [0.1, 0.15) is 0 Å². The second kappa shape index (κ2) is 6.93. The maximum absolute atomic E-state index is 12.2. The number of carbonyl (C=O) groups is 1. The predicted molar refractivity (Wildman–Crippen MR) is 96.9 cm³/mol. The van der Waals surface area contributed by atoms with Gasteiger partial charge >= 0.3 is 0 Å². The molecule has 0 atom stereocenters. The SMILES string of the molecule is O=C1N=C(N2CCCCC2)SC1=Cc1cnc(N2CCCC2)nc1. The Labute approximate surface area is 146 Å². The van der Waals surface area contributed by atoms with Crippen LogP contribution in [-0.4, -0.2) is 52.1 Å². The third-order valence-electron chi connectivity index (χ3n) is 4.58. The fraction of sp³-hybridized carbons (Fsp3) is 0.529. The van der Waals surface area contributed by atoms with Crippen molar-refractivity contribution in [1.82, 2.24) is 14.9 Å². The lowest BCUT2D eigenvalue weighted by Crippen LogP contribution is -2.33. The van der Waals surface area contributed by atoms with Gasteiger partial charge < -0.3 is 9.80 Å². The number of piperidine rings is 1. The Kier molecular flexibility index (Phi) is 4.51. The van der Waals surface area contributed by atoms with Crippen LogP contribution in [0.4, 0.5) is 5.95 Å². The number of carbonyl (C=O) groups excluding carboxylic acids is 1. The molecule has 2 saturated heterocycles. The number of rotatable bonds is 2. The summed E-state index contributed by atoms with van der Waals surface area (Å²) < 4.78 is 0. The van der Waals surface area contributed by atoms with Gasteiger partial charge in [-0.15, -0.1) is 0 Å². The second-order valence-corrected chi connectivity index (χ2v) is 7.38. The lowest BCUT2D eigenvalue weighted by molar-refractivity contribution is -0.113. The molecule has 0 N–H and O–H groups in total. The molecule has 2 fully saturated rings. The van der Waals surface area contributed by atoms with Gasteiger partial charge in [0, 0.05) is 44.1 Å². The van der Waals surface area contributed by atoms with Crippen LogP contribution < -0.4 is 4.90 Å². The molecule has 0 saturated carbocycles. The van der Waals surface area contributed by atoms with Crippen molar-refractivity contribution in [3.05, 3.63) is 22.9 Å². The van der Waals surface area contributed by atoms with Crippen molar-refractivity contribution in [1.29, 1.82) is 0 Å². The number of amides is 1. The second-order valence-electron chi connectivity index (χ2n) is 6.37. The number of hydrogen-bond donors (Lipinski definition) is 0. The van der Waals surface area contributed by atoms with Crippen molar-refractivity contribution in [2.75, 3.05) is 31.1 Å². The molecule has 6 nitrogen and oxygen atoms in total. The third kappa shape index (κ3) is 3.31. The highest BCUT2D eigenvalue weighted by Gasteiger charge is 2.27. The smallest absolute Gasteiger partial charge is 0.286 e. The minimum Gasteiger partial charge on any atom is -0.351 e. The fourth-order valence-corrected chi connectivity index (χ4v) is 4.22. The average Bonchev–Trinajstić information content (AvgIpc) is 3.27. The molecule has 0 unspecified atom stereocenters. The molecule has 4 rings (SSSR count). The summed E-state index contributed by atoms with van der Waals surface area (Å²) in [6.07, 6.45) is 11.5. The van der Waals surface area contributed by atoms with Crippen molar-refractivity contribution < 1.29 is 4.79 Å². The number of anilines is 1. The van der Waals surface area contributed by atoms with Crippen molar-refractivity contribution in [3.63, 3.8) is 0 Å². The number of nitrogens with zero attached hydrogens (tertiary/aromatic N) is 5. The van der Waals surface area contributed by atoms with E-state index >= 15 is 0 Å². The molecule has 1 amide bonds. The number of amidine groups is 1. The first-order valence-electron chi connectivity index (χ1n) is 8.64. The number of hydrogen-bond acceptors (Lipinski definition) is 6. The maximum atomic E-state index is 12.2. The summed E-state index contributed by atoms with van der Waals surface area (Å²) in [7, 11) is 0. The highest BCUT2D eigenvalue weighted by atomic mass is 32.2. The summed E-state index contributed by atoms with van der Waals surface area (Å²) in [6.45, 7) is 4.06. The zero-order valence-electron chi connectivity index (χ0n) is 13.6. The van der Waals surface area contributed by atoms with Crippen molar-refractivity contribution in [3.8, 4) is 0 Å². The largest absolute Gasteiger partial charge is 0.351 e. The molecule has 0 aromatic carbocycles. The number of thioether (sulfide) groups is 1. The Bertz CT molecular complexity index is 673. The van der Waals surface area contributed by atoms with Crippen LogP contribution in [0.2, 0.25) is 0 Å². The van der Waals surface area contributed by atoms with Crippen LogP contribution in [0.3, 0.4) is 0 Å². The number of likely N-dealkylation sites (tertiary alicyclic amines) is 1. The molecule has 1 aromatic rings. The van der Waals surface area contributed by atoms with Gasteiger partial charge in [-0.2, -0.15) is 4.99 Å². The molecule has 4 heterocycles. The lowest BCUT2D eigenvalue weighted by atomic mass is 10.1. The molecular formula is C17H21N5OS. The molecule has 0 spiro atoms. The lowest BCUT2D eigenvalue weighted by Gasteiger charge is -2.27. The molecule has 0 aliphatic carbocycles. The van der Waals surface area contributed by atoms with Crippen molar-refractivity contribution in [2.45, 2.75) is 32.1 Å². The van der Waals surface area contributed by atoms with Crippen molar-refractivity contribution in [2.24, 2.45) is 4.99 Å². The third-order valence-corrected chi connectivity index (χ3v) is 5.63. The number of aliphatic imine (C=N–C) groups is 1. The van der Waals surface area contributed by atoms with E-state index in [1.807, 2.05) is 6.08 Å². The van der Waals surface area contributed by atoms with E-state index in [0.29, 0.717) is 4.91 Å². The maximum Gasteiger partial charge on any atom is 0.286 e. The van der Waals surface area contributed by atoms with E-state index in [1.54, 1.807) is 12.4 Å². The highest BCUT2D eigenvalue weighted by molar-refractivity contribution is 8.18. The predicted octanol–water partition coefficient (Wildman–Crippen LogP) is 2.53. The first-order valence-corrected chi connectivity index (χ1v) is 9.46. The highest BCUT2D eigenvalue weighted by Crippen LogP contribution is 2.31. The summed E-state index contributed by atoms with van der Waals surface area (Å²) in [5, 5.41) is 0.848. The van der Waals surface area contributed by atoms with E-state index in [1.165, 1.54) is 43.9 Å². The van der Waals surface area contributed by atoms with Gasteiger partial charge in [0.25, 0.3) is 5.91 Å². The zero-order chi connectivity index (χ0) is 16.4. The van der Waals surface area contributed by atoms with Gasteiger partial charge in [0.05, 0.1) is 4.91 Å². The molecular weight excluding hydrogens is 322 g/mol. The zero-order valence-corrected chi connectivity index (χ0v) is 14.5. The van der Waals surface area contributed by atoms with E-state index in [9.17, 15) is 4.79 Å². The summed E-state index contributed by atoms with van der Waals surface area (Å²) in [5.74, 6) is 0.634. The molecule has 3 aliphatic heterocycles. The Hall–Kier alpha value is -1.89. The van der Waals surface area contributed by atoms with E-state index < -0.39 is 0 Å².